The number of rotatable bonds is 2. The summed E-state index contributed by atoms with van der Waals surface area (Å²) in [5.41, 5.74) is 0. The minimum absolute atomic E-state index is 0.370. The van der Waals surface area contributed by atoms with Gasteiger partial charge in [0.1, 0.15) is 0 Å². The van der Waals surface area contributed by atoms with Crippen LogP contribution in [0.1, 0.15) is 0 Å². The van der Waals surface area contributed by atoms with E-state index in [1.54, 1.807) is 0 Å². The van der Waals surface area contributed by atoms with E-state index in [9.17, 15) is 0 Å². The molecular formula is C11H29AlN3Si2. The van der Waals surface area contributed by atoms with Gasteiger partial charge in [-0.2, -0.15) is 0 Å². The molecule has 99 valence electrons. The molecule has 1 saturated heterocycles. The van der Waals surface area contributed by atoms with Crippen LogP contribution in [-0.2, 0) is 0 Å². The second-order valence-corrected chi connectivity index (χ2v) is 19.5. The van der Waals surface area contributed by atoms with E-state index < -0.39 is 16.5 Å². The van der Waals surface area contributed by atoms with Gasteiger partial charge in [0.15, 0.2) is 0 Å². The number of hydrogen-bond donors (Lipinski definition) is 0. The van der Waals surface area contributed by atoms with Gasteiger partial charge < -0.3 is 12.0 Å². The molecule has 1 rings (SSSR count). The predicted octanol–water partition coefficient (Wildman–Crippen LogP) is 1.74. The highest BCUT2D eigenvalue weighted by Crippen LogP contribution is 2.15. The van der Waals surface area contributed by atoms with Crippen molar-refractivity contribution in [3.8, 4) is 0 Å². The Labute approximate surface area is 116 Å². The maximum Gasteiger partial charge on any atom is 0.439 e. The molecule has 0 unspecified atom stereocenters. The molecule has 0 aromatic carbocycles. The Kier molecular flexibility index (Phi) is 5.49. The second kappa shape index (κ2) is 5.87. The summed E-state index contributed by atoms with van der Waals surface area (Å²) in [6.45, 7) is 20.0. The lowest BCUT2D eigenvalue weighted by Crippen LogP contribution is -2.63. The van der Waals surface area contributed by atoms with Crippen molar-refractivity contribution in [3.05, 3.63) is 0 Å². The third-order valence-corrected chi connectivity index (χ3v) is 13.8. The molecule has 3 nitrogen and oxygen atoms in total. The van der Waals surface area contributed by atoms with Crippen LogP contribution >= 0.6 is 0 Å². The summed E-state index contributed by atoms with van der Waals surface area (Å²) in [4.78, 5) is 2.50. The average molecular weight is 287 g/mol. The molecule has 1 aliphatic rings. The SMILES string of the molecule is CN1CC[N]([Si](C)(C)C)[Al][N]([Si](C)(C)C)CC1. The van der Waals surface area contributed by atoms with Crippen LogP contribution in [0.3, 0.4) is 0 Å². The van der Waals surface area contributed by atoms with Crippen LogP contribution in [0.4, 0.5) is 0 Å². The molecule has 0 aromatic rings. The third-order valence-electron chi connectivity index (χ3n) is 3.45. The zero-order valence-electron chi connectivity index (χ0n) is 12.7. The van der Waals surface area contributed by atoms with Crippen LogP contribution < -0.4 is 0 Å². The number of nitrogens with zero attached hydrogens (tertiary/aromatic N) is 3. The summed E-state index contributed by atoms with van der Waals surface area (Å²) in [7, 11) is -0.00454. The van der Waals surface area contributed by atoms with Crippen molar-refractivity contribution in [1.82, 2.24) is 12.0 Å². The van der Waals surface area contributed by atoms with Crippen LogP contribution in [0.5, 0.6) is 0 Å². The Morgan fingerprint density at radius 2 is 1.06 bits per heavy atom. The Balaban J connectivity index is 2.79. The van der Waals surface area contributed by atoms with E-state index in [1.807, 2.05) is 0 Å². The largest absolute Gasteiger partial charge is 0.439 e. The lowest BCUT2D eigenvalue weighted by Gasteiger charge is -2.45. The van der Waals surface area contributed by atoms with Crippen LogP contribution in [0.15, 0.2) is 0 Å². The summed E-state index contributed by atoms with van der Waals surface area (Å²) in [6, 6.07) is 0. The smallest absolute Gasteiger partial charge is 0.400 e. The Bertz CT molecular complexity index is 226. The fraction of sp³-hybridized carbons (Fsp3) is 1.00. The van der Waals surface area contributed by atoms with E-state index in [2.05, 4.69) is 58.3 Å². The maximum atomic E-state index is 2.85. The minimum atomic E-state index is -1.14. The van der Waals surface area contributed by atoms with Gasteiger partial charge >= 0.3 is 15.7 Å². The lowest BCUT2D eigenvalue weighted by molar-refractivity contribution is 0.292. The number of likely N-dealkylation sites (N-methyl/N-ethyl adjacent to an activating group) is 1. The molecule has 1 radical (unpaired) electrons. The monoisotopic (exact) mass is 286 g/mol. The molecule has 0 amide bonds. The summed E-state index contributed by atoms with van der Waals surface area (Å²) in [5, 5.41) is 0. The summed E-state index contributed by atoms with van der Waals surface area (Å²) < 4.78 is 5.70. The molecule has 0 atom stereocenters. The third kappa shape index (κ3) is 5.15. The zero-order valence-corrected chi connectivity index (χ0v) is 15.9. The van der Waals surface area contributed by atoms with Crippen molar-refractivity contribution in [2.24, 2.45) is 0 Å². The van der Waals surface area contributed by atoms with E-state index in [4.69, 9.17) is 0 Å². The Hall–Kier alpha value is 0.846. The first kappa shape index (κ1) is 15.9. The second-order valence-electron chi connectivity index (χ2n) is 7.15. The molecule has 1 fully saturated rings. The van der Waals surface area contributed by atoms with Gasteiger partial charge in [0.2, 0.25) is 0 Å². The summed E-state index contributed by atoms with van der Waals surface area (Å²) >= 11 is 0.370. The van der Waals surface area contributed by atoms with Gasteiger partial charge in [-0.1, -0.05) is 39.3 Å². The molecule has 0 aliphatic carbocycles. The van der Waals surface area contributed by atoms with Crippen molar-refractivity contribution in [1.29, 1.82) is 0 Å². The van der Waals surface area contributed by atoms with Crippen LogP contribution in [0.2, 0.25) is 39.3 Å². The molecule has 1 aliphatic heterocycles. The van der Waals surface area contributed by atoms with E-state index >= 15 is 0 Å². The van der Waals surface area contributed by atoms with Gasteiger partial charge in [0, 0.05) is 13.1 Å². The molecule has 0 saturated carbocycles. The first-order chi connectivity index (χ1) is 7.60. The van der Waals surface area contributed by atoms with Gasteiger partial charge in [-0.05, 0) is 20.1 Å². The minimum Gasteiger partial charge on any atom is -0.400 e. The quantitative estimate of drug-likeness (QED) is 0.716. The van der Waals surface area contributed by atoms with Crippen molar-refractivity contribution in [2.75, 3.05) is 33.2 Å². The van der Waals surface area contributed by atoms with E-state index in [0.29, 0.717) is 15.7 Å². The topological polar surface area (TPSA) is 9.72 Å². The van der Waals surface area contributed by atoms with Gasteiger partial charge in [-0.3, -0.25) is 0 Å². The summed E-state index contributed by atoms with van der Waals surface area (Å²) in [6.07, 6.45) is 0. The Morgan fingerprint density at radius 3 is 1.35 bits per heavy atom. The molecule has 0 spiro atoms. The zero-order chi connectivity index (χ0) is 13.3. The van der Waals surface area contributed by atoms with Gasteiger partial charge in [0.05, 0.1) is 16.5 Å². The van der Waals surface area contributed by atoms with Gasteiger partial charge in [0.25, 0.3) is 0 Å². The van der Waals surface area contributed by atoms with E-state index in [-0.39, 0.29) is 0 Å². The highest BCUT2D eigenvalue weighted by Gasteiger charge is 2.33. The molecule has 0 N–H and O–H groups in total. The highest BCUT2D eigenvalue weighted by molar-refractivity contribution is 6.83. The average Bonchev–Trinajstić information content (AvgIpc) is 2.07. The molecule has 17 heavy (non-hydrogen) atoms. The van der Waals surface area contributed by atoms with Crippen LogP contribution in [-0.4, -0.2) is 77.4 Å². The van der Waals surface area contributed by atoms with Crippen LogP contribution in [0, 0.1) is 0 Å². The van der Waals surface area contributed by atoms with Gasteiger partial charge in [-0.25, -0.2) is 0 Å². The van der Waals surface area contributed by atoms with E-state index in [1.165, 1.54) is 26.2 Å². The number of hydrogen-bond acceptors (Lipinski definition) is 3. The van der Waals surface area contributed by atoms with Crippen molar-refractivity contribution in [3.63, 3.8) is 0 Å². The first-order valence-electron chi connectivity index (χ1n) is 6.68. The molecule has 0 aromatic heterocycles. The fourth-order valence-electron chi connectivity index (χ4n) is 1.97. The highest BCUT2D eigenvalue weighted by atomic mass is 28.3. The standard InChI is InChI=1S/C11H29N3Si2.Al/c1-14(10-8-12-15(2,3)4)11-9-13-16(5,6)7;/h8-11H2,1-7H3;/q-2;+2. The normalized spacial score (nSPS) is 23.0. The van der Waals surface area contributed by atoms with Gasteiger partial charge in [-0.15, -0.1) is 0 Å². The van der Waals surface area contributed by atoms with Crippen molar-refractivity contribution >= 4 is 32.1 Å². The molecule has 0 bridgehead atoms. The maximum absolute atomic E-state index is 2.85. The lowest BCUT2D eigenvalue weighted by atomic mass is 10.5. The molecule has 6 heteroatoms. The van der Waals surface area contributed by atoms with E-state index in [0.717, 1.165) is 0 Å². The van der Waals surface area contributed by atoms with Crippen molar-refractivity contribution < 1.29 is 0 Å². The molecule has 1 heterocycles. The molecular weight excluding hydrogens is 257 g/mol. The first-order valence-corrected chi connectivity index (χ1v) is 14.6. The van der Waals surface area contributed by atoms with Crippen molar-refractivity contribution in [2.45, 2.75) is 39.3 Å². The fourth-order valence-corrected chi connectivity index (χ4v) is 8.26. The summed E-state index contributed by atoms with van der Waals surface area (Å²) in [5.74, 6) is 0. The van der Waals surface area contributed by atoms with Crippen LogP contribution in [0.25, 0.3) is 0 Å². The Morgan fingerprint density at radius 1 is 0.706 bits per heavy atom. The predicted molar refractivity (Wildman–Crippen MR) is 83.4 cm³/mol.